The lowest BCUT2D eigenvalue weighted by Crippen LogP contribution is -2.59. The molecule has 3 aliphatic rings. The fourth-order valence-electron chi connectivity index (χ4n) is 6.74. The molecule has 0 aliphatic heterocycles. The van der Waals surface area contributed by atoms with Gasteiger partial charge in [0.25, 0.3) is 0 Å². The van der Waals surface area contributed by atoms with Gasteiger partial charge in [0.2, 0.25) is 0 Å². The molecule has 3 aliphatic carbocycles. The number of fused-ring (bicyclic) bond motifs is 1. The third kappa shape index (κ3) is 4.87. The third-order valence-corrected chi connectivity index (χ3v) is 9.23. The molecule has 0 unspecified atom stereocenters. The molecule has 1 aromatic carbocycles. The molecule has 7 heteroatoms. The molecule has 1 aromatic rings. The molecule has 37 heavy (non-hydrogen) atoms. The van der Waals surface area contributed by atoms with Gasteiger partial charge >= 0.3 is 5.97 Å². The largest absolute Gasteiger partial charge is 0.458 e. The number of carbonyl (C=O) groups is 4. The summed E-state index contributed by atoms with van der Waals surface area (Å²) in [6.07, 6.45) is 5.43. The standard InChI is InChI=1S/C30H36O7/c1-19(31)22-10-11-25(34)29(22,3)26(37-27(35)12-9-20-7-5-4-6-8-20)17-23-24(33)14-16-30(36)18-21(32)13-15-28(23,30)2/h4-9,12,14,16,21-23,26,32,36H,10-11,13,15,17-18H2,1-3H3/b12-9+/t21-,22+,23-,26+,28+,29+,30-/m0/s1. The number of aliphatic hydroxyl groups excluding tert-OH is 1. The molecule has 7 nitrogen and oxygen atoms in total. The highest BCUT2D eigenvalue weighted by molar-refractivity contribution is 5.97. The van der Waals surface area contributed by atoms with E-state index in [0.717, 1.165) is 5.56 Å². The zero-order valence-electron chi connectivity index (χ0n) is 21.7. The minimum Gasteiger partial charge on any atom is -0.458 e. The first-order chi connectivity index (χ1) is 17.4. The van der Waals surface area contributed by atoms with E-state index < -0.39 is 46.4 Å². The van der Waals surface area contributed by atoms with E-state index in [4.69, 9.17) is 4.74 Å². The average Bonchev–Trinajstić information content (AvgIpc) is 3.16. The molecule has 0 spiro atoms. The quantitative estimate of drug-likeness (QED) is 0.427. The van der Waals surface area contributed by atoms with Gasteiger partial charge in [0.15, 0.2) is 5.78 Å². The smallest absolute Gasteiger partial charge is 0.331 e. The second kappa shape index (κ2) is 10.1. The first kappa shape index (κ1) is 27.1. The number of carbonyl (C=O) groups excluding carboxylic acids is 4. The molecule has 0 heterocycles. The van der Waals surface area contributed by atoms with Crippen LogP contribution in [0.25, 0.3) is 6.08 Å². The summed E-state index contributed by atoms with van der Waals surface area (Å²) in [5.41, 5.74) is -2.82. The molecular formula is C30H36O7. The van der Waals surface area contributed by atoms with E-state index in [9.17, 15) is 29.4 Å². The molecule has 0 aromatic heterocycles. The number of benzene rings is 1. The van der Waals surface area contributed by atoms with Crippen LogP contribution >= 0.6 is 0 Å². The summed E-state index contributed by atoms with van der Waals surface area (Å²) in [7, 11) is 0. The number of allylic oxidation sites excluding steroid dienone is 1. The minimum atomic E-state index is -1.41. The van der Waals surface area contributed by atoms with E-state index >= 15 is 0 Å². The Labute approximate surface area is 217 Å². The first-order valence-corrected chi connectivity index (χ1v) is 13.0. The van der Waals surface area contributed by atoms with E-state index in [0.29, 0.717) is 19.3 Å². The lowest BCUT2D eigenvalue weighted by molar-refractivity contribution is -0.172. The van der Waals surface area contributed by atoms with E-state index in [1.54, 1.807) is 13.0 Å². The molecule has 0 radical (unpaired) electrons. The van der Waals surface area contributed by atoms with Gasteiger partial charge in [-0.25, -0.2) is 4.79 Å². The van der Waals surface area contributed by atoms with E-state index in [2.05, 4.69) is 0 Å². The van der Waals surface area contributed by atoms with Gasteiger partial charge in [-0.15, -0.1) is 0 Å². The van der Waals surface area contributed by atoms with Crippen molar-refractivity contribution in [3.8, 4) is 0 Å². The zero-order valence-corrected chi connectivity index (χ0v) is 21.7. The van der Waals surface area contributed by atoms with Crippen molar-refractivity contribution >= 4 is 29.4 Å². The van der Waals surface area contributed by atoms with Crippen molar-refractivity contribution in [3.63, 3.8) is 0 Å². The highest BCUT2D eigenvalue weighted by Crippen LogP contribution is 2.56. The minimum absolute atomic E-state index is 0.00494. The summed E-state index contributed by atoms with van der Waals surface area (Å²) in [4.78, 5) is 52.1. The Hall–Kier alpha value is -2.90. The van der Waals surface area contributed by atoms with Crippen molar-refractivity contribution in [2.45, 2.75) is 77.1 Å². The number of ether oxygens (including phenoxy) is 1. The Morgan fingerprint density at radius 1 is 1.16 bits per heavy atom. The van der Waals surface area contributed by atoms with Crippen molar-refractivity contribution < 1.29 is 34.1 Å². The summed E-state index contributed by atoms with van der Waals surface area (Å²) in [5.74, 6) is -2.62. The maximum absolute atomic E-state index is 13.3. The Balaban J connectivity index is 1.69. The molecule has 0 bridgehead atoms. The van der Waals surface area contributed by atoms with Crippen LogP contribution in [0.1, 0.15) is 64.9 Å². The Morgan fingerprint density at radius 3 is 2.54 bits per heavy atom. The summed E-state index contributed by atoms with van der Waals surface area (Å²) in [6, 6.07) is 9.22. The molecule has 2 N–H and O–H groups in total. The van der Waals surface area contributed by atoms with Gasteiger partial charge in [-0.2, -0.15) is 0 Å². The second-order valence-electron chi connectivity index (χ2n) is 11.3. The maximum atomic E-state index is 13.3. The van der Waals surface area contributed by atoms with Crippen LogP contribution in [0.5, 0.6) is 0 Å². The third-order valence-electron chi connectivity index (χ3n) is 9.23. The molecular weight excluding hydrogens is 472 g/mol. The van der Waals surface area contributed by atoms with Gasteiger partial charge in [-0.3, -0.25) is 14.4 Å². The van der Waals surface area contributed by atoms with Crippen LogP contribution in [0.15, 0.2) is 48.6 Å². The number of hydrogen-bond donors (Lipinski definition) is 2. The highest BCUT2D eigenvalue weighted by atomic mass is 16.5. The maximum Gasteiger partial charge on any atom is 0.331 e. The van der Waals surface area contributed by atoms with Crippen LogP contribution in [-0.4, -0.2) is 51.3 Å². The van der Waals surface area contributed by atoms with Crippen molar-refractivity contribution in [3.05, 3.63) is 54.1 Å². The van der Waals surface area contributed by atoms with E-state index in [1.165, 1.54) is 25.2 Å². The molecule has 4 rings (SSSR count). The van der Waals surface area contributed by atoms with Gasteiger partial charge < -0.3 is 14.9 Å². The predicted octanol–water partition coefficient (Wildman–Crippen LogP) is 3.61. The topological polar surface area (TPSA) is 118 Å². The van der Waals surface area contributed by atoms with Gasteiger partial charge in [0.05, 0.1) is 17.1 Å². The molecule has 0 saturated heterocycles. The number of Topliss-reactive ketones (excluding diaryl/α,β-unsaturated/α-hetero) is 2. The number of hydrogen-bond acceptors (Lipinski definition) is 7. The average molecular weight is 509 g/mol. The Morgan fingerprint density at radius 2 is 1.86 bits per heavy atom. The van der Waals surface area contributed by atoms with Crippen molar-refractivity contribution in [1.82, 2.24) is 0 Å². The van der Waals surface area contributed by atoms with Crippen molar-refractivity contribution in [2.75, 3.05) is 0 Å². The number of rotatable bonds is 7. The normalized spacial score (nSPS) is 36.4. The molecule has 0 amide bonds. The van der Waals surface area contributed by atoms with Crippen LogP contribution in [0.3, 0.4) is 0 Å². The zero-order chi connectivity index (χ0) is 27.0. The number of aliphatic hydroxyl groups is 2. The van der Waals surface area contributed by atoms with E-state index in [1.807, 2.05) is 37.3 Å². The Bertz CT molecular complexity index is 1140. The van der Waals surface area contributed by atoms with Crippen LogP contribution in [0.4, 0.5) is 0 Å². The molecule has 2 saturated carbocycles. The van der Waals surface area contributed by atoms with Gasteiger partial charge in [0.1, 0.15) is 17.7 Å². The fourth-order valence-corrected chi connectivity index (χ4v) is 6.74. The molecule has 7 atom stereocenters. The van der Waals surface area contributed by atoms with Gasteiger partial charge in [0, 0.05) is 36.2 Å². The lowest BCUT2D eigenvalue weighted by Gasteiger charge is -2.54. The predicted molar refractivity (Wildman–Crippen MR) is 137 cm³/mol. The molecule has 2 fully saturated rings. The summed E-state index contributed by atoms with van der Waals surface area (Å²) in [6.45, 7) is 4.92. The molecule has 198 valence electrons. The van der Waals surface area contributed by atoms with Gasteiger partial charge in [-0.1, -0.05) is 37.3 Å². The highest BCUT2D eigenvalue weighted by Gasteiger charge is 2.61. The second-order valence-corrected chi connectivity index (χ2v) is 11.3. The summed E-state index contributed by atoms with van der Waals surface area (Å²) in [5, 5.41) is 21.7. The van der Waals surface area contributed by atoms with Crippen LogP contribution < -0.4 is 0 Å². The number of esters is 1. The van der Waals surface area contributed by atoms with Gasteiger partial charge in [-0.05, 0) is 63.3 Å². The fraction of sp³-hybridized carbons (Fsp3) is 0.533. The van der Waals surface area contributed by atoms with Crippen LogP contribution in [0.2, 0.25) is 0 Å². The first-order valence-electron chi connectivity index (χ1n) is 13.0. The van der Waals surface area contributed by atoms with Crippen molar-refractivity contribution in [1.29, 1.82) is 0 Å². The van der Waals surface area contributed by atoms with E-state index in [-0.39, 0.29) is 36.6 Å². The Kier molecular flexibility index (Phi) is 7.41. The van der Waals surface area contributed by atoms with Crippen molar-refractivity contribution in [2.24, 2.45) is 22.7 Å². The number of ketones is 3. The van der Waals surface area contributed by atoms with Crippen LogP contribution in [0, 0.1) is 22.7 Å². The summed E-state index contributed by atoms with van der Waals surface area (Å²) < 4.78 is 5.93. The van der Waals surface area contributed by atoms with Crippen LogP contribution in [-0.2, 0) is 23.9 Å². The summed E-state index contributed by atoms with van der Waals surface area (Å²) >= 11 is 0. The lowest BCUT2D eigenvalue weighted by atomic mass is 9.52. The SMILES string of the molecule is CC(=O)[C@H]1CCC(=O)[C@]1(C)[C@@H](C[C@H]1C(=O)C=C[C@]2(O)C[C@@H](O)CC[C@]12C)OC(=O)/C=C/c1ccccc1. The monoisotopic (exact) mass is 508 g/mol.